The molecule has 6 heteroatoms. The summed E-state index contributed by atoms with van der Waals surface area (Å²) in [6.07, 6.45) is 0.242. The molecule has 0 radical (unpaired) electrons. The van der Waals surface area contributed by atoms with Crippen LogP contribution in [0.1, 0.15) is 6.42 Å². The van der Waals surface area contributed by atoms with Gasteiger partial charge in [-0.15, -0.1) is 0 Å². The number of anilines is 1. The van der Waals surface area contributed by atoms with E-state index in [4.69, 9.17) is 11.0 Å². The average molecular weight is 298 g/mol. The summed E-state index contributed by atoms with van der Waals surface area (Å²) in [5.74, 6) is -1.33. The van der Waals surface area contributed by atoms with Crippen molar-refractivity contribution < 1.29 is 8.78 Å². The predicted molar refractivity (Wildman–Crippen MR) is 79.7 cm³/mol. The Morgan fingerprint density at radius 1 is 1.14 bits per heavy atom. The number of fused-ring (bicyclic) bond motifs is 1. The Morgan fingerprint density at radius 3 is 2.50 bits per heavy atom. The number of benzene rings is 2. The van der Waals surface area contributed by atoms with E-state index in [1.54, 1.807) is 28.8 Å². The van der Waals surface area contributed by atoms with Crippen molar-refractivity contribution in [1.29, 1.82) is 5.26 Å². The van der Waals surface area contributed by atoms with Gasteiger partial charge < -0.3 is 10.3 Å². The molecule has 0 bridgehead atoms. The van der Waals surface area contributed by atoms with Crippen molar-refractivity contribution in [2.45, 2.75) is 13.0 Å². The highest BCUT2D eigenvalue weighted by atomic mass is 19.2. The third-order valence-electron chi connectivity index (χ3n) is 3.41. The van der Waals surface area contributed by atoms with Crippen molar-refractivity contribution in [2.24, 2.45) is 0 Å². The summed E-state index contributed by atoms with van der Waals surface area (Å²) in [6, 6.07) is 11.2. The van der Waals surface area contributed by atoms with Crippen LogP contribution in [0.3, 0.4) is 0 Å². The van der Waals surface area contributed by atoms with E-state index in [2.05, 4.69) is 4.98 Å². The first-order valence-electron chi connectivity index (χ1n) is 6.68. The van der Waals surface area contributed by atoms with Crippen LogP contribution in [0.15, 0.2) is 36.4 Å². The molecule has 0 saturated heterocycles. The summed E-state index contributed by atoms with van der Waals surface area (Å²) in [5, 5.41) is 8.80. The van der Waals surface area contributed by atoms with Gasteiger partial charge in [-0.25, -0.2) is 13.8 Å². The van der Waals surface area contributed by atoms with Gasteiger partial charge in [-0.1, -0.05) is 0 Å². The van der Waals surface area contributed by atoms with E-state index in [0.717, 1.165) is 17.7 Å². The van der Waals surface area contributed by atoms with Gasteiger partial charge in [0.25, 0.3) is 0 Å². The summed E-state index contributed by atoms with van der Waals surface area (Å²) in [6.45, 7) is 0.345. The minimum atomic E-state index is -0.943. The first kappa shape index (κ1) is 14.0. The van der Waals surface area contributed by atoms with Crippen LogP contribution in [0.2, 0.25) is 0 Å². The molecule has 22 heavy (non-hydrogen) atoms. The molecule has 0 spiro atoms. The van der Waals surface area contributed by atoms with Crippen LogP contribution in [0.5, 0.6) is 0 Å². The van der Waals surface area contributed by atoms with Gasteiger partial charge in [0.1, 0.15) is 5.82 Å². The maximum Gasteiger partial charge on any atom is 0.161 e. The van der Waals surface area contributed by atoms with E-state index in [9.17, 15) is 8.78 Å². The number of nitriles is 1. The standard InChI is InChI=1S/C16H12F2N4/c17-12-8-14-15(9-13(12)18)22(7-1-6-19)16(21-14)10-2-4-11(20)5-3-10/h2-5,8-9H,1,7,20H2. The van der Waals surface area contributed by atoms with Gasteiger partial charge in [0.15, 0.2) is 11.6 Å². The van der Waals surface area contributed by atoms with E-state index >= 15 is 0 Å². The van der Waals surface area contributed by atoms with Gasteiger partial charge in [0.05, 0.1) is 23.5 Å². The summed E-state index contributed by atoms with van der Waals surface area (Å²) in [7, 11) is 0. The molecule has 0 saturated carbocycles. The van der Waals surface area contributed by atoms with Crippen LogP contribution in [-0.4, -0.2) is 9.55 Å². The molecule has 0 aliphatic carbocycles. The largest absolute Gasteiger partial charge is 0.399 e. The molecule has 0 atom stereocenters. The van der Waals surface area contributed by atoms with E-state index in [0.29, 0.717) is 29.1 Å². The minimum Gasteiger partial charge on any atom is -0.399 e. The number of aromatic nitrogens is 2. The Morgan fingerprint density at radius 2 is 1.82 bits per heavy atom. The molecule has 0 aliphatic rings. The van der Waals surface area contributed by atoms with Gasteiger partial charge in [0, 0.05) is 29.9 Å². The number of halogens is 2. The second-order valence-electron chi connectivity index (χ2n) is 4.87. The number of nitrogens with zero attached hydrogens (tertiary/aromatic N) is 3. The first-order valence-corrected chi connectivity index (χ1v) is 6.68. The smallest absolute Gasteiger partial charge is 0.161 e. The fourth-order valence-electron chi connectivity index (χ4n) is 2.36. The molecule has 0 aliphatic heterocycles. The fourth-order valence-corrected chi connectivity index (χ4v) is 2.36. The topological polar surface area (TPSA) is 67.6 Å². The maximum atomic E-state index is 13.5. The Kier molecular flexibility index (Phi) is 3.47. The number of nitrogens with two attached hydrogens (primary N) is 1. The molecule has 4 nitrogen and oxygen atoms in total. The van der Waals surface area contributed by atoms with Gasteiger partial charge in [-0.3, -0.25) is 0 Å². The van der Waals surface area contributed by atoms with E-state index in [-0.39, 0.29) is 6.42 Å². The van der Waals surface area contributed by atoms with Crippen LogP contribution in [0.25, 0.3) is 22.4 Å². The fraction of sp³-hybridized carbons (Fsp3) is 0.125. The third kappa shape index (κ3) is 2.37. The van der Waals surface area contributed by atoms with Crippen molar-refractivity contribution in [3.8, 4) is 17.5 Å². The molecule has 110 valence electrons. The molecule has 0 unspecified atom stereocenters. The minimum absolute atomic E-state index is 0.242. The summed E-state index contributed by atoms with van der Waals surface area (Å²) >= 11 is 0. The molecule has 3 rings (SSSR count). The first-order chi connectivity index (χ1) is 10.6. The van der Waals surface area contributed by atoms with Gasteiger partial charge in [-0.05, 0) is 24.3 Å². The van der Waals surface area contributed by atoms with Crippen LogP contribution in [0, 0.1) is 23.0 Å². The lowest BCUT2D eigenvalue weighted by atomic mass is 10.2. The highest BCUT2D eigenvalue weighted by Crippen LogP contribution is 2.27. The van der Waals surface area contributed by atoms with Crippen molar-refractivity contribution in [3.05, 3.63) is 48.0 Å². The van der Waals surface area contributed by atoms with Crippen LogP contribution >= 0.6 is 0 Å². The molecule has 1 heterocycles. The number of rotatable bonds is 3. The SMILES string of the molecule is N#CCCn1c(-c2ccc(N)cc2)nc2cc(F)c(F)cc21. The molecule has 3 aromatic rings. The molecular weight excluding hydrogens is 286 g/mol. The van der Waals surface area contributed by atoms with Crippen LogP contribution < -0.4 is 5.73 Å². The number of hydrogen-bond acceptors (Lipinski definition) is 3. The number of nitrogen functional groups attached to an aromatic ring is 1. The summed E-state index contributed by atoms with van der Waals surface area (Å²) in [4.78, 5) is 4.37. The van der Waals surface area contributed by atoms with Gasteiger partial charge >= 0.3 is 0 Å². The number of imidazole rings is 1. The van der Waals surface area contributed by atoms with Crippen molar-refractivity contribution in [3.63, 3.8) is 0 Å². The van der Waals surface area contributed by atoms with E-state index in [1.807, 2.05) is 6.07 Å². The summed E-state index contributed by atoms with van der Waals surface area (Å²) in [5.41, 5.74) is 7.86. The quantitative estimate of drug-likeness (QED) is 0.753. The van der Waals surface area contributed by atoms with Crippen molar-refractivity contribution in [2.75, 3.05) is 5.73 Å². The zero-order valence-electron chi connectivity index (χ0n) is 11.6. The molecule has 1 aromatic heterocycles. The molecule has 2 N–H and O–H groups in total. The Hall–Kier alpha value is -2.94. The third-order valence-corrected chi connectivity index (χ3v) is 3.41. The Bertz CT molecular complexity index is 876. The van der Waals surface area contributed by atoms with Crippen LogP contribution in [0.4, 0.5) is 14.5 Å². The maximum absolute atomic E-state index is 13.5. The average Bonchev–Trinajstić information content (AvgIpc) is 2.84. The van der Waals surface area contributed by atoms with Crippen LogP contribution in [-0.2, 0) is 6.54 Å². The van der Waals surface area contributed by atoms with Crippen molar-refractivity contribution >= 4 is 16.7 Å². The molecule has 0 fully saturated rings. The number of aryl methyl sites for hydroxylation is 1. The predicted octanol–water partition coefficient (Wildman–Crippen LogP) is 3.48. The van der Waals surface area contributed by atoms with Gasteiger partial charge in [-0.2, -0.15) is 5.26 Å². The Labute approximate surface area is 125 Å². The summed E-state index contributed by atoms with van der Waals surface area (Å²) < 4.78 is 28.6. The Balaban J connectivity index is 2.23. The van der Waals surface area contributed by atoms with Gasteiger partial charge in [0.2, 0.25) is 0 Å². The lowest BCUT2D eigenvalue weighted by Crippen LogP contribution is -2.00. The number of hydrogen-bond donors (Lipinski definition) is 1. The monoisotopic (exact) mass is 298 g/mol. The molecular formula is C16H12F2N4. The lowest BCUT2D eigenvalue weighted by molar-refractivity contribution is 0.510. The highest BCUT2D eigenvalue weighted by Gasteiger charge is 2.15. The lowest BCUT2D eigenvalue weighted by Gasteiger charge is -2.07. The molecule has 0 amide bonds. The van der Waals surface area contributed by atoms with E-state index in [1.165, 1.54) is 0 Å². The van der Waals surface area contributed by atoms with E-state index < -0.39 is 11.6 Å². The highest BCUT2D eigenvalue weighted by molar-refractivity contribution is 5.81. The molecule has 2 aromatic carbocycles. The second-order valence-corrected chi connectivity index (χ2v) is 4.87. The zero-order chi connectivity index (χ0) is 15.7. The second kappa shape index (κ2) is 5.45. The normalized spacial score (nSPS) is 10.8. The zero-order valence-corrected chi connectivity index (χ0v) is 11.6. The van der Waals surface area contributed by atoms with Crippen molar-refractivity contribution in [1.82, 2.24) is 9.55 Å².